The van der Waals surface area contributed by atoms with Crippen LogP contribution in [0.5, 0.6) is 0 Å². The van der Waals surface area contributed by atoms with Crippen molar-refractivity contribution in [3.8, 4) is 0 Å². The van der Waals surface area contributed by atoms with Crippen molar-refractivity contribution >= 4 is 35.0 Å². The van der Waals surface area contributed by atoms with Crippen molar-refractivity contribution in [3.63, 3.8) is 0 Å². The Morgan fingerprint density at radius 1 is 1.00 bits per heavy atom. The van der Waals surface area contributed by atoms with E-state index in [1.165, 1.54) is 5.56 Å². The van der Waals surface area contributed by atoms with Gasteiger partial charge in [0.25, 0.3) is 0 Å². The predicted octanol–water partition coefficient (Wildman–Crippen LogP) is 5.22. The Bertz CT molecular complexity index is 837. The number of halogens is 2. The quantitative estimate of drug-likeness (QED) is 0.560. The predicted molar refractivity (Wildman–Crippen MR) is 104 cm³/mol. The van der Waals surface area contributed by atoms with E-state index in [-0.39, 0.29) is 6.61 Å². The monoisotopic (exact) mass is 392 g/mol. The fourth-order valence-corrected chi connectivity index (χ4v) is 3.82. The van der Waals surface area contributed by atoms with E-state index >= 15 is 0 Å². The summed E-state index contributed by atoms with van der Waals surface area (Å²) in [5.74, 6) is 0.740. The molecule has 0 atom stereocenters. The van der Waals surface area contributed by atoms with Crippen LogP contribution >= 0.6 is 35.0 Å². The highest BCUT2D eigenvalue weighted by atomic mass is 35.5. The van der Waals surface area contributed by atoms with Crippen molar-refractivity contribution in [2.75, 3.05) is 0 Å². The van der Waals surface area contributed by atoms with Crippen molar-refractivity contribution in [2.24, 2.45) is 0 Å². The zero-order chi connectivity index (χ0) is 17.6. The summed E-state index contributed by atoms with van der Waals surface area (Å²) >= 11 is 13.7. The van der Waals surface area contributed by atoms with Crippen LogP contribution in [0.2, 0.25) is 10.0 Å². The maximum Gasteiger partial charge on any atom is 0.168 e. The molecule has 130 valence electrons. The number of aryl methyl sites for hydroxylation is 1. The molecule has 0 bridgehead atoms. The molecule has 3 aromatic rings. The van der Waals surface area contributed by atoms with Gasteiger partial charge in [0.1, 0.15) is 0 Å². The first-order valence-electron chi connectivity index (χ1n) is 7.93. The zero-order valence-electron chi connectivity index (χ0n) is 13.5. The van der Waals surface area contributed by atoms with Gasteiger partial charge in [-0.2, -0.15) is 0 Å². The minimum absolute atomic E-state index is 0.0187. The minimum Gasteiger partial charge on any atom is -0.390 e. The third-order valence-corrected chi connectivity index (χ3v) is 5.68. The summed E-state index contributed by atoms with van der Waals surface area (Å²) in [7, 11) is 0. The third-order valence-electron chi connectivity index (χ3n) is 3.88. The Morgan fingerprint density at radius 2 is 1.80 bits per heavy atom. The van der Waals surface area contributed by atoms with Crippen molar-refractivity contribution in [1.82, 2.24) is 9.55 Å². The second kappa shape index (κ2) is 8.77. The largest absolute Gasteiger partial charge is 0.390 e. The fraction of sp³-hybridized carbons (Fsp3) is 0.211. The van der Waals surface area contributed by atoms with Crippen LogP contribution in [0.15, 0.2) is 59.9 Å². The molecule has 0 unspecified atom stereocenters. The average molecular weight is 393 g/mol. The lowest BCUT2D eigenvalue weighted by atomic mass is 10.1. The molecular weight excluding hydrogens is 375 g/mol. The average Bonchev–Trinajstić information content (AvgIpc) is 3.03. The van der Waals surface area contributed by atoms with Gasteiger partial charge in [0, 0.05) is 12.3 Å². The van der Waals surface area contributed by atoms with Crippen LogP contribution < -0.4 is 0 Å². The summed E-state index contributed by atoms with van der Waals surface area (Å²) in [5.41, 5.74) is 3.18. The standard InChI is InChI=1S/C19H18Cl2N2OS/c20-17-7-6-15(10-18(17)21)13-25-19-22-11-16(12-24)23(19)9-8-14-4-2-1-3-5-14/h1-7,10-11,24H,8-9,12-13H2. The number of nitrogens with zero attached hydrogens (tertiary/aromatic N) is 2. The molecule has 1 aromatic heterocycles. The van der Waals surface area contributed by atoms with Crippen LogP contribution in [-0.2, 0) is 25.3 Å². The SMILES string of the molecule is OCc1cnc(SCc2ccc(Cl)c(Cl)c2)n1CCc1ccccc1. The number of aromatic nitrogens is 2. The van der Waals surface area contributed by atoms with Gasteiger partial charge in [-0.05, 0) is 29.7 Å². The van der Waals surface area contributed by atoms with E-state index in [2.05, 4.69) is 21.7 Å². The summed E-state index contributed by atoms with van der Waals surface area (Å²) in [6.07, 6.45) is 2.63. The highest BCUT2D eigenvalue weighted by Gasteiger charge is 2.11. The molecule has 2 aromatic carbocycles. The van der Waals surface area contributed by atoms with E-state index in [0.717, 1.165) is 35.1 Å². The van der Waals surface area contributed by atoms with E-state index in [4.69, 9.17) is 23.2 Å². The zero-order valence-corrected chi connectivity index (χ0v) is 15.9. The Kier molecular flexibility index (Phi) is 6.43. The van der Waals surface area contributed by atoms with E-state index in [1.54, 1.807) is 24.0 Å². The molecule has 0 spiro atoms. The van der Waals surface area contributed by atoms with Gasteiger partial charge in [-0.1, -0.05) is 71.4 Å². The molecule has 6 heteroatoms. The second-order valence-corrected chi connectivity index (χ2v) is 7.37. The number of thioether (sulfide) groups is 1. The number of imidazole rings is 1. The van der Waals surface area contributed by atoms with Gasteiger partial charge >= 0.3 is 0 Å². The first kappa shape index (κ1) is 18.3. The molecule has 0 saturated carbocycles. The topological polar surface area (TPSA) is 38.1 Å². The first-order valence-corrected chi connectivity index (χ1v) is 9.67. The lowest BCUT2D eigenvalue weighted by Crippen LogP contribution is -2.07. The minimum atomic E-state index is -0.0187. The summed E-state index contributed by atoms with van der Waals surface area (Å²) < 4.78 is 2.08. The Balaban J connectivity index is 1.70. The molecule has 0 fully saturated rings. The lowest BCUT2D eigenvalue weighted by molar-refractivity contribution is 0.269. The molecule has 0 aliphatic heterocycles. The Morgan fingerprint density at radius 3 is 2.52 bits per heavy atom. The van der Waals surface area contributed by atoms with E-state index in [0.29, 0.717) is 10.0 Å². The molecule has 0 aliphatic rings. The van der Waals surface area contributed by atoms with Gasteiger partial charge < -0.3 is 9.67 Å². The van der Waals surface area contributed by atoms with Crippen LogP contribution in [0.3, 0.4) is 0 Å². The highest BCUT2D eigenvalue weighted by Crippen LogP contribution is 2.28. The van der Waals surface area contributed by atoms with Crippen molar-refractivity contribution in [1.29, 1.82) is 0 Å². The van der Waals surface area contributed by atoms with Crippen LogP contribution in [0.25, 0.3) is 0 Å². The number of aliphatic hydroxyl groups excluding tert-OH is 1. The highest BCUT2D eigenvalue weighted by molar-refractivity contribution is 7.98. The fourth-order valence-electron chi connectivity index (χ4n) is 2.54. The smallest absolute Gasteiger partial charge is 0.168 e. The molecular formula is C19H18Cl2N2OS. The summed E-state index contributed by atoms with van der Waals surface area (Å²) in [5, 5.41) is 11.6. The molecule has 3 rings (SSSR count). The number of rotatable bonds is 7. The van der Waals surface area contributed by atoms with Gasteiger partial charge in [0.05, 0.1) is 28.5 Å². The third kappa shape index (κ3) is 4.79. The molecule has 0 amide bonds. The van der Waals surface area contributed by atoms with Gasteiger partial charge in [-0.25, -0.2) is 4.98 Å². The molecule has 3 nitrogen and oxygen atoms in total. The van der Waals surface area contributed by atoms with Crippen LogP contribution in [0.4, 0.5) is 0 Å². The Labute approximate surface area is 161 Å². The van der Waals surface area contributed by atoms with Crippen molar-refractivity contribution in [2.45, 2.75) is 30.5 Å². The number of hydrogen-bond acceptors (Lipinski definition) is 3. The molecule has 1 N–H and O–H groups in total. The summed E-state index contributed by atoms with van der Waals surface area (Å²) in [6, 6.07) is 16.0. The summed E-state index contributed by atoms with van der Waals surface area (Å²) in [4.78, 5) is 4.46. The number of aliphatic hydroxyl groups is 1. The Hall–Kier alpha value is -1.46. The van der Waals surface area contributed by atoms with Crippen LogP contribution in [0.1, 0.15) is 16.8 Å². The molecule has 1 heterocycles. The van der Waals surface area contributed by atoms with Crippen molar-refractivity contribution < 1.29 is 5.11 Å². The second-order valence-electron chi connectivity index (χ2n) is 5.61. The maximum atomic E-state index is 9.58. The molecule has 0 aliphatic carbocycles. The van der Waals surface area contributed by atoms with E-state index in [9.17, 15) is 5.11 Å². The molecule has 25 heavy (non-hydrogen) atoms. The van der Waals surface area contributed by atoms with Gasteiger partial charge in [0.15, 0.2) is 5.16 Å². The van der Waals surface area contributed by atoms with Gasteiger partial charge in [0.2, 0.25) is 0 Å². The van der Waals surface area contributed by atoms with E-state index in [1.807, 2.05) is 30.3 Å². The molecule has 0 radical (unpaired) electrons. The molecule has 0 saturated heterocycles. The van der Waals surface area contributed by atoms with Crippen molar-refractivity contribution in [3.05, 3.63) is 81.6 Å². The summed E-state index contributed by atoms with van der Waals surface area (Å²) in [6.45, 7) is 0.763. The number of benzene rings is 2. The van der Waals surface area contributed by atoms with E-state index < -0.39 is 0 Å². The van der Waals surface area contributed by atoms with Crippen LogP contribution in [0, 0.1) is 0 Å². The normalized spacial score (nSPS) is 11.0. The van der Waals surface area contributed by atoms with Crippen LogP contribution in [-0.4, -0.2) is 14.7 Å². The number of hydrogen-bond donors (Lipinski definition) is 1. The van der Waals surface area contributed by atoms with Gasteiger partial charge in [-0.3, -0.25) is 0 Å². The first-order chi connectivity index (χ1) is 12.2. The lowest BCUT2D eigenvalue weighted by Gasteiger charge is -2.11. The van der Waals surface area contributed by atoms with Gasteiger partial charge in [-0.15, -0.1) is 0 Å². The maximum absolute atomic E-state index is 9.58.